The number of carbonyl (C=O) groups excluding carboxylic acids is 2. The van der Waals surface area contributed by atoms with Gasteiger partial charge in [0.25, 0.3) is 5.91 Å². The van der Waals surface area contributed by atoms with Crippen molar-refractivity contribution in [3.8, 4) is 0 Å². The molecule has 1 N–H and O–H groups in total. The Morgan fingerprint density at radius 1 is 1.15 bits per heavy atom. The maximum atomic E-state index is 12.9. The van der Waals surface area contributed by atoms with Gasteiger partial charge in [-0.2, -0.15) is 0 Å². The SMILES string of the molecule is COC(=O)c1cc(Cn2c([C@@H](C)NC(=O)c3ccc(Cl)cc3Cl)nc3ccccc32)oc1C. The number of benzene rings is 2. The van der Waals surface area contributed by atoms with Gasteiger partial charge in [-0.1, -0.05) is 35.3 Å². The van der Waals surface area contributed by atoms with E-state index >= 15 is 0 Å². The quantitative estimate of drug-likeness (QED) is 0.360. The normalized spacial score (nSPS) is 12.0. The molecule has 0 saturated carbocycles. The zero-order chi connectivity index (χ0) is 23.7. The first-order valence-electron chi connectivity index (χ1n) is 10.2. The maximum absolute atomic E-state index is 12.9. The zero-order valence-corrected chi connectivity index (χ0v) is 19.7. The van der Waals surface area contributed by atoms with E-state index in [4.69, 9.17) is 37.3 Å². The molecule has 1 atom stereocenters. The van der Waals surface area contributed by atoms with Crippen molar-refractivity contribution in [3.05, 3.63) is 87.0 Å². The second kappa shape index (κ2) is 9.29. The van der Waals surface area contributed by atoms with Crippen molar-refractivity contribution >= 4 is 46.1 Å². The number of furan rings is 1. The van der Waals surface area contributed by atoms with Gasteiger partial charge in [0.05, 0.1) is 41.3 Å². The van der Waals surface area contributed by atoms with E-state index in [0.29, 0.717) is 40.0 Å². The number of nitrogens with zero attached hydrogens (tertiary/aromatic N) is 2. The van der Waals surface area contributed by atoms with Gasteiger partial charge in [0, 0.05) is 5.02 Å². The molecule has 2 aromatic carbocycles. The van der Waals surface area contributed by atoms with Crippen LogP contribution in [-0.2, 0) is 11.3 Å². The Morgan fingerprint density at radius 2 is 1.91 bits per heavy atom. The first-order valence-corrected chi connectivity index (χ1v) is 10.9. The number of nitrogens with one attached hydrogen (secondary N) is 1. The van der Waals surface area contributed by atoms with Crippen LogP contribution in [0.1, 0.15) is 51.0 Å². The van der Waals surface area contributed by atoms with Crippen molar-refractivity contribution in [1.82, 2.24) is 14.9 Å². The average Bonchev–Trinajstić information content (AvgIpc) is 3.33. The number of carbonyl (C=O) groups is 2. The number of methoxy groups -OCH3 is 1. The molecule has 0 fully saturated rings. The third-order valence-electron chi connectivity index (χ3n) is 5.28. The smallest absolute Gasteiger partial charge is 0.341 e. The Bertz CT molecular complexity index is 1360. The Hall–Kier alpha value is -3.29. The molecule has 0 aliphatic rings. The predicted octanol–water partition coefficient (Wildman–Crippen LogP) is 5.57. The summed E-state index contributed by atoms with van der Waals surface area (Å²) >= 11 is 12.1. The van der Waals surface area contributed by atoms with Gasteiger partial charge < -0.3 is 19.0 Å². The Labute approximate surface area is 200 Å². The topological polar surface area (TPSA) is 86.4 Å². The predicted molar refractivity (Wildman–Crippen MR) is 126 cm³/mol. The molecule has 0 aliphatic heterocycles. The first kappa shape index (κ1) is 22.9. The summed E-state index contributed by atoms with van der Waals surface area (Å²) in [6.07, 6.45) is 0. The van der Waals surface area contributed by atoms with Crippen LogP contribution in [0, 0.1) is 6.92 Å². The Morgan fingerprint density at radius 3 is 2.64 bits per heavy atom. The third kappa shape index (κ3) is 4.60. The van der Waals surface area contributed by atoms with E-state index in [0.717, 1.165) is 11.0 Å². The fourth-order valence-electron chi connectivity index (χ4n) is 3.69. The molecule has 0 unspecified atom stereocenters. The summed E-state index contributed by atoms with van der Waals surface area (Å²) < 4.78 is 12.6. The van der Waals surface area contributed by atoms with E-state index in [1.165, 1.54) is 13.2 Å². The molecule has 1 amide bonds. The van der Waals surface area contributed by atoms with E-state index < -0.39 is 12.0 Å². The van der Waals surface area contributed by atoms with Crippen molar-refractivity contribution in [2.45, 2.75) is 26.4 Å². The largest absolute Gasteiger partial charge is 0.465 e. The molecule has 33 heavy (non-hydrogen) atoms. The van der Waals surface area contributed by atoms with Gasteiger partial charge in [0.15, 0.2) is 0 Å². The highest BCUT2D eigenvalue weighted by molar-refractivity contribution is 6.36. The van der Waals surface area contributed by atoms with Crippen molar-refractivity contribution < 1.29 is 18.7 Å². The number of aromatic nitrogens is 2. The summed E-state index contributed by atoms with van der Waals surface area (Å²) in [7, 11) is 1.33. The lowest BCUT2D eigenvalue weighted by Crippen LogP contribution is -2.29. The van der Waals surface area contributed by atoms with Crippen LogP contribution < -0.4 is 5.32 Å². The van der Waals surface area contributed by atoms with Crippen LogP contribution in [0.15, 0.2) is 52.9 Å². The molecule has 9 heteroatoms. The highest BCUT2D eigenvalue weighted by Crippen LogP contribution is 2.26. The van der Waals surface area contributed by atoms with Gasteiger partial charge in [0.2, 0.25) is 0 Å². The van der Waals surface area contributed by atoms with Gasteiger partial charge in [-0.3, -0.25) is 4.79 Å². The minimum absolute atomic E-state index is 0.266. The number of hydrogen-bond acceptors (Lipinski definition) is 5. The Balaban J connectivity index is 1.67. The second-order valence-electron chi connectivity index (χ2n) is 7.54. The lowest BCUT2D eigenvalue weighted by atomic mass is 10.2. The number of rotatable bonds is 6. The van der Waals surface area contributed by atoms with Crippen LogP contribution in [0.3, 0.4) is 0 Å². The summed E-state index contributed by atoms with van der Waals surface area (Å²) in [5.74, 6) is 0.865. The number of hydrogen-bond donors (Lipinski definition) is 1. The number of halogens is 2. The second-order valence-corrected chi connectivity index (χ2v) is 8.38. The van der Waals surface area contributed by atoms with E-state index in [1.807, 2.05) is 35.8 Å². The molecule has 0 bridgehead atoms. The van der Waals surface area contributed by atoms with Crippen molar-refractivity contribution in [2.24, 2.45) is 0 Å². The van der Waals surface area contributed by atoms with E-state index in [1.54, 1.807) is 25.1 Å². The van der Waals surface area contributed by atoms with Gasteiger partial charge in [-0.15, -0.1) is 0 Å². The molecule has 0 aliphatic carbocycles. The van der Waals surface area contributed by atoms with Gasteiger partial charge in [-0.25, -0.2) is 9.78 Å². The maximum Gasteiger partial charge on any atom is 0.341 e. The molecule has 0 saturated heterocycles. The highest BCUT2D eigenvalue weighted by atomic mass is 35.5. The fraction of sp³-hybridized carbons (Fsp3) is 0.208. The van der Waals surface area contributed by atoms with Gasteiger partial charge >= 0.3 is 5.97 Å². The van der Waals surface area contributed by atoms with Crippen LogP contribution in [0.2, 0.25) is 10.0 Å². The van der Waals surface area contributed by atoms with E-state index in [9.17, 15) is 9.59 Å². The number of aryl methyl sites for hydroxylation is 1. The van der Waals surface area contributed by atoms with Crippen molar-refractivity contribution in [1.29, 1.82) is 0 Å². The summed E-state index contributed by atoms with van der Waals surface area (Å²) in [6, 6.07) is 13.6. The lowest BCUT2D eigenvalue weighted by Gasteiger charge is -2.16. The van der Waals surface area contributed by atoms with Crippen molar-refractivity contribution in [3.63, 3.8) is 0 Å². The molecule has 4 aromatic rings. The van der Waals surface area contributed by atoms with Gasteiger partial charge in [0.1, 0.15) is 22.9 Å². The van der Waals surface area contributed by atoms with E-state index in [-0.39, 0.29) is 10.9 Å². The van der Waals surface area contributed by atoms with Crippen LogP contribution >= 0.6 is 23.2 Å². The number of esters is 1. The van der Waals surface area contributed by atoms with Crippen LogP contribution in [0.4, 0.5) is 0 Å². The van der Waals surface area contributed by atoms with Crippen molar-refractivity contribution in [2.75, 3.05) is 7.11 Å². The number of ether oxygens (including phenoxy) is 1. The zero-order valence-electron chi connectivity index (χ0n) is 18.2. The van der Waals surface area contributed by atoms with Crippen LogP contribution in [0.5, 0.6) is 0 Å². The molecule has 7 nitrogen and oxygen atoms in total. The lowest BCUT2D eigenvalue weighted by molar-refractivity contribution is 0.0598. The fourth-order valence-corrected chi connectivity index (χ4v) is 4.19. The minimum atomic E-state index is -0.460. The number of para-hydroxylation sites is 2. The number of imidazole rings is 1. The minimum Gasteiger partial charge on any atom is -0.465 e. The summed E-state index contributed by atoms with van der Waals surface area (Å²) in [4.78, 5) is 29.6. The summed E-state index contributed by atoms with van der Waals surface area (Å²) in [5.41, 5.74) is 2.33. The molecule has 170 valence electrons. The third-order valence-corrected chi connectivity index (χ3v) is 5.83. The molecule has 2 aromatic heterocycles. The summed E-state index contributed by atoms with van der Waals surface area (Å²) in [6.45, 7) is 3.86. The standard InChI is InChI=1S/C24H21Cl2N3O4/c1-13(27-23(30)17-9-8-15(25)10-19(17)26)22-28-20-6-4-5-7-21(20)29(22)12-16-11-18(14(2)33-16)24(31)32-3/h4-11,13H,12H2,1-3H3,(H,27,30)/t13-/m1/s1. The molecule has 2 heterocycles. The monoisotopic (exact) mass is 485 g/mol. The molecule has 0 spiro atoms. The van der Waals surface area contributed by atoms with E-state index in [2.05, 4.69) is 5.32 Å². The van der Waals surface area contributed by atoms with Gasteiger partial charge in [-0.05, 0) is 50.2 Å². The average molecular weight is 486 g/mol. The molecule has 0 radical (unpaired) electrons. The van der Waals surface area contributed by atoms with Crippen LogP contribution in [0.25, 0.3) is 11.0 Å². The molecule has 4 rings (SSSR count). The molecular weight excluding hydrogens is 465 g/mol. The first-order chi connectivity index (χ1) is 15.8. The number of amides is 1. The van der Waals surface area contributed by atoms with Crippen LogP contribution in [-0.4, -0.2) is 28.5 Å². The Kier molecular flexibility index (Phi) is 6.44. The number of fused-ring (bicyclic) bond motifs is 1. The highest BCUT2D eigenvalue weighted by Gasteiger charge is 2.22. The summed E-state index contributed by atoms with van der Waals surface area (Å²) in [5, 5.41) is 3.67. The molecular formula is C24H21Cl2N3O4.